The summed E-state index contributed by atoms with van der Waals surface area (Å²) in [5, 5.41) is 3.96. The van der Waals surface area contributed by atoms with Gasteiger partial charge in [-0.05, 0) is 12.1 Å². The number of anilines is 1. The summed E-state index contributed by atoms with van der Waals surface area (Å²) in [6.45, 7) is 7.83. The van der Waals surface area contributed by atoms with Crippen LogP contribution < -0.4 is 10.2 Å². The Morgan fingerprint density at radius 1 is 1.04 bits per heavy atom. The Morgan fingerprint density at radius 2 is 1.74 bits per heavy atom. The summed E-state index contributed by atoms with van der Waals surface area (Å²) < 4.78 is 10.8. The van der Waals surface area contributed by atoms with E-state index in [1.54, 1.807) is 0 Å². The molecule has 144 valence electrons. The fourth-order valence-electron chi connectivity index (χ4n) is 3.55. The molecule has 4 rings (SSSR count). The van der Waals surface area contributed by atoms with Crippen molar-refractivity contribution in [3.05, 3.63) is 35.9 Å². The largest absolute Gasteiger partial charge is 0.379 e. The van der Waals surface area contributed by atoms with E-state index < -0.39 is 0 Å². The van der Waals surface area contributed by atoms with E-state index in [-0.39, 0.29) is 5.91 Å². The number of aromatic nitrogens is 1. The van der Waals surface area contributed by atoms with E-state index in [1.165, 1.54) is 0 Å². The maximum Gasteiger partial charge on any atom is 0.252 e. The predicted octanol–water partition coefficient (Wildman–Crippen LogP) is 1.13. The number of ether oxygens (including phenoxy) is 2. The summed E-state index contributed by atoms with van der Waals surface area (Å²) >= 11 is 0. The van der Waals surface area contributed by atoms with Crippen molar-refractivity contribution >= 4 is 22.6 Å². The molecule has 1 aromatic heterocycles. The van der Waals surface area contributed by atoms with Crippen molar-refractivity contribution < 1.29 is 14.3 Å². The number of nitrogens with one attached hydrogen (secondary N) is 1. The van der Waals surface area contributed by atoms with Gasteiger partial charge in [-0.3, -0.25) is 9.69 Å². The Hall–Kier alpha value is -2.22. The van der Waals surface area contributed by atoms with Crippen molar-refractivity contribution in [2.24, 2.45) is 0 Å². The average Bonchev–Trinajstić information content (AvgIpc) is 2.74. The number of pyridine rings is 1. The molecule has 7 nitrogen and oxygen atoms in total. The lowest BCUT2D eigenvalue weighted by molar-refractivity contribution is 0.0383. The second-order valence-corrected chi connectivity index (χ2v) is 6.85. The van der Waals surface area contributed by atoms with Gasteiger partial charge in [-0.1, -0.05) is 18.2 Å². The Labute approximate surface area is 159 Å². The zero-order valence-corrected chi connectivity index (χ0v) is 15.5. The number of hydrogen-bond donors (Lipinski definition) is 1. The van der Waals surface area contributed by atoms with Crippen LogP contribution in [0.3, 0.4) is 0 Å². The van der Waals surface area contributed by atoms with Crippen LogP contribution in [0, 0.1) is 0 Å². The molecular weight excluding hydrogens is 344 g/mol. The molecule has 0 saturated carbocycles. The van der Waals surface area contributed by atoms with Gasteiger partial charge in [0.2, 0.25) is 0 Å². The fourth-order valence-corrected chi connectivity index (χ4v) is 3.55. The third kappa shape index (κ3) is 4.37. The third-order valence-electron chi connectivity index (χ3n) is 5.10. The monoisotopic (exact) mass is 370 g/mol. The molecule has 0 spiro atoms. The van der Waals surface area contributed by atoms with Crippen LogP contribution in [0.5, 0.6) is 0 Å². The van der Waals surface area contributed by atoms with Gasteiger partial charge in [-0.2, -0.15) is 0 Å². The van der Waals surface area contributed by atoms with Gasteiger partial charge < -0.3 is 19.7 Å². The van der Waals surface area contributed by atoms with Crippen LogP contribution in [0.1, 0.15) is 10.4 Å². The van der Waals surface area contributed by atoms with E-state index in [9.17, 15) is 4.79 Å². The summed E-state index contributed by atoms with van der Waals surface area (Å²) in [5.74, 6) is 0.798. The maximum atomic E-state index is 12.9. The van der Waals surface area contributed by atoms with Gasteiger partial charge in [0.15, 0.2) is 0 Å². The second-order valence-electron chi connectivity index (χ2n) is 6.85. The molecule has 2 fully saturated rings. The van der Waals surface area contributed by atoms with Crippen molar-refractivity contribution in [1.82, 2.24) is 15.2 Å². The molecular formula is C20H26N4O3. The number of amides is 1. The van der Waals surface area contributed by atoms with E-state index in [0.29, 0.717) is 25.3 Å². The topological polar surface area (TPSA) is 66.9 Å². The number of carbonyl (C=O) groups excluding carboxylic acids is 1. The van der Waals surface area contributed by atoms with Crippen molar-refractivity contribution in [1.29, 1.82) is 0 Å². The number of morpholine rings is 2. The molecule has 2 saturated heterocycles. The van der Waals surface area contributed by atoms with Crippen molar-refractivity contribution in [3.8, 4) is 0 Å². The molecule has 0 bridgehead atoms. The SMILES string of the molecule is O=C(NCCN1CCOCC1)c1cc(N2CCOCC2)nc2ccccc12. The minimum Gasteiger partial charge on any atom is -0.379 e. The number of para-hydroxylation sites is 1. The lowest BCUT2D eigenvalue weighted by Crippen LogP contribution is -2.41. The molecule has 2 aliphatic heterocycles. The van der Waals surface area contributed by atoms with E-state index in [0.717, 1.165) is 62.7 Å². The summed E-state index contributed by atoms with van der Waals surface area (Å²) in [7, 11) is 0. The molecule has 3 heterocycles. The average molecular weight is 370 g/mol. The van der Waals surface area contributed by atoms with Crippen LogP contribution in [0.25, 0.3) is 10.9 Å². The Bertz CT molecular complexity index is 786. The summed E-state index contributed by atoms with van der Waals surface area (Å²) in [4.78, 5) is 22.2. The molecule has 0 atom stereocenters. The number of benzene rings is 1. The highest BCUT2D eigenvalue weighted by atomic mass is 16.5. The highest BCUT2D eigenvalue weighted by Crippen LogP contribution is 2.23. The van der Waals surface area contributed by atoms with E-state index >= 15 is 0 Å². The highest BCUT2D eigenvalue weighted by molar-refractivity contribution is 6.07. The van der Waals surface area contributed by atoms with Gasteiger partial charge in [-0.15, -0.1) is 0 Å². The molecule has 27 heavy (non-hydrogen) atoms. The van der Waals surface area contributed by atoms with Crippen LogP contribution in [0.15, 0.2) is 30.3 Å². The minimum atomic E-state index is -0.0450. The molecule has 2 aliphatic rings. The lowest BCUT2D eigenvalue weighted by Gasteiger charge is -2.28. The Kier molecular flexibility index (Phi) is 5.81. The summed E-state index contributed by atoms with van der Waals surface area (Å²) in [5.41, 5.74) is 1.53. The van der Waals surface area contributed by atoms with E-state index in [4.69, 9.17) is 14.5 Å². The number of carbonyl (C=O) groups is 1. The molecule has 0 unspecified atom stereocenters. The number of nitrogens with zero attached hydrogens (tertiary/aromatic N) is 3. The smallest absolute Gasteiger partial charge is 0.252 e. The fraction of sp³-hybridized carbons (Fsp3) is 0.500. The van der Waals surface area contributed by atoms with Crippen LogP contribution in [0.2, 0.25) is 0 Å². The molecule has 0 aliphatic carbocycles. The van der Waals surface area contributed by atoms with Crippen LogP contribution in [0.4, 0.5) is 5.82 Å². The first-order valence-electron chi connectivity index (χ1n) is 9.62. The lowest BCUT2D eigenvalue weighted by atomic mass is 10.1. The van der Waals surface area contributed by atoms with Gasteiger partial charge in [0.25, 0.3) is 5.91 Å². The van der Waals surface area contributed by atoms with Crippen molar-refractivity contribution in [2.75, 3.05) is 70.6 Å². The molecule has 1 aromatic carbocycles. The van der Waals surface area contributed by atoms with Crippen molar-refractivity contribution in [2.45, 2.75) is 0 Å². The third-order valence-corrected chi connectivity index (χ3v) is 5.10. The van der Waals surface area contributed by atoms with Gasteiger partial charge in [0, 0.05) is 44.7 Å². The van der Waals surface area contributed by atoms with Gasteiger partial charge in [-0.25, -0.2) is 4.98 Å². The molecule has 7 heteroatoms. The van der Waals surface area contributed by atoms with E-state index in [2.05, 4.69) is 15.1 Å². The molecule has 0 radical (unpaired) electrons. The Balaban J connectivity index is 1.50. The van der Waals surface area contributed by atoms with Gasteiger partial charge in [0.05, 0.1) is 37.5 Å². The zero-order chi connectivity index (χ0) is 18.5. The molecule has 1 amide bonds. The first-order chi connectivity index (χ1) is 13.3. The number of rotatable bonds is 5. The zero-order valence-electron chi connectivity index (χ0n) is 15.5. The maximum absolute atomic E-state index is 12.9. The van der Waals surface area contributed by atoms with E-state index in [1.807, 2.05) is 30.3 Å². The first kappa shape index (κ1) is 18.2. The summed E-state index contributed by atoms with van der Waals surface area (Å²) in [6, 6.07) is 9.74. The van der Waals surface area contributed by atoms with Crippen LogP contribution in [-0.4, -0.2) is 81.5 Å². The van der Waals surface area contributed by atoms with Crippen LogP contribution >= 0.6 is 0 Å². The number of fused-ring (bicyclic) bond motifs is 1. The first-order valence-corrected chi connectivity index (χ1v) is 9.62. The van der Waals surface area contributed by atoms with Crippen molar-refractivity contribution in [3.63, 3.8) is 0 Å². The molecule has 2 aromatic rings. The Morgan fingerprint density at radius 3 is 2.52 bits per heavy atom. The molecule has 1 N–H and O–H groups in total. The van der Waals surface area contributed by atoms with Gasteiger partial charge >= 0.3 is 0 Å². The predicted molar refractivity (Wildman–Crippen MR) is 104 cm³/mol. The van der Waals surface area contributed by atoms with Crippen LogP contribution in [-0.2, 0) is 9.47 Å². The summed E-state index contributed by atoms with van der Waals surface area (Å²) in [6.07, 6.45) is 0. The normalized spacial score (nSPS) is 18.6. The highest BCUT2D eigenvalue weighted by Gasteiger charge is 2.18. The number of hydrogen-bond acceptors (Lipinski definition) is 6. The second kappa shape index (κ2) is 8.65. The minimum absolute atomic E-state index is 0.0450. The van der Waals surface area contributed by atoms with Gasteiger partial charge in [0.1, 0.15) is 5.82 Å². The quantitative estimate of drug-likeness (QED) is 0.851. The standard InChI is InChI=1S/C20H26N4O3/c25-20(21-5-6-23-7-11-26-12-8-23)17-15-19(24-9-13-27-14-10-24)22-18-4-2-1-3-16(17)18/h1-4,15H,5-14H2,(H,21,25).